The first-order valence-corrected chi connectivity index (χ1v) is 20.4. The molecule has 7 aliphatic rings. The molecule has 5 heterocycles. The molecule has 0 amide bonds. The van der Waals surface area contributed by atoms with Crippen LogP contribution in [-0.4, -0.2) is 107 Å². The van der Waals surface area contributed by atoms with Gasteiger partial charge in [-0.1, -0.05) is 74.7 Å². The normalized spacial score (nSPS) is 46.7. The molecule has 2 aliphatic carbocycles. The highest BCUT2D eigenvalue weighted by Crippen LogP contribution is 2.47. The summed E-state index contributed by atoms with van der Waals surface area (Å²) in [7, 11) is 1.58. The number of nitrogens with zero attached hydrogens (tertiary/aromatic N) is 1. The smallest absolute Gasteiger partial charge is 0.316 e. The monoisotopic (exact) mass is 767 g/mol. The summed E-state index contributed by atoms with van der Waals surface area (Å²) in [6, 6.07) is 0. The molecule has 3 N–H and O–H groups in total. The van der Waals surface area contributed by atoms with E-state index in [2.05, 4.69) is 31.2 Å². The van der Waals surface area contributed by atoms with Crippen LogP contribution in [0.5, 0.6) is 0 Å². The van der Waals surface area contributed by atoms with Crippen LogP contribution in [0, 0.1) is 23.7 Å². The van der Waals surface area contributed by atoms with Crippen LogP contribution in [0.4, 0.5) is 0 Å². The fraction of sp³-hybridized carbons (Fsp3) is 0.721. The van der Waals surface area contributed by atoms with Gasteiger partial charge in [0.2, 0.25) is 0 Å². The largest absolute Gasteiger partial charge is 0.462 e. The minimum atomic E-state index is -1.85. The van der Waals surface area contributed by atoms with E-state index in [0.29, 0.717) is 42.7 Å². The summed E-state index contributed by atoms with van der Waals surface area (Å²) in [6.07, 6.45) is 16.4. The Morgan fingerprint density at radius 1 is 1.00 bits per heavy atom. The second kappa shape index (κ2) is 16.7. The number of aliphatic hydroxyl groups is 2. The minimum absolute atomic E-state index is 0.0156. The van der Waals surface area contributed by atoms with E-state index in [1.54, 1.807) is 26.2 Å². The maximum absolute atomic E-state index is 14.4. The third-order valence-corrected chi connectivity index (χ3v) is 13.1. The molecule has 0 aromatic carbocycles. The molecule has 3 saturated heterocycles. The van der Waals surface area contributed by atoms with E-state index in [1.165, 1.54) is 19.3 Å². The Labute approximate surface area is 325 Å². The number of fused-ring (bicyclic) bond motifs is 2. The molecule has 0 aromatic heterocycles. The third-order valence-electron chi connectivity index (χ3n) is 13.1. The molecule has 0 radical (unpaired) electrons. The summed E-state index contributed by atoms with van der Waals surface area (Å²) >= 11 is 0. The lowest BCUT2D eigenvalue weighted by Gasteiger charge is -2.49. The molecule has 4 fully saturated rings. The summed E-state index contributed by atoms with van der Waals surface area (Å²) in [4.78, 5) is 14.4. The summed E-state index contributed by atoms with van der Waals surface area (Å²) < 4.78 is 44.9. The number of allylic oxidation sites excluding steroid dienone is 2. The molecule has 1 saturated carbocycles. The molecule has 5 aliphatic heterocycles. The van der Waals surface area contributed by atoms with E-state index in [9.17, 15) is 20.2 Å². The number of hydrogen-bond acceptors (Lipinski definition) is 12. The fourth-order valence-corrected chi connectivity index (χ4v) is 9.99. The van der Waals surface area contributed by atoms with Gasteiger partial charge in [0.1, 0.15) is 35.5 Å². The van der Waals surface area contributed by atoms with Gasteiger partial charge in [-0.25, -0.2) is 0 Å². The number of ether oxygens (including phenoxy) is 7. The van der Waals surface area contributed by atoms with Crippen molar-refractivity contribution in [2.24, 2.45) is 28.8 Å². The molecule has 55 heavy (non-hydrogen) atoms. The first-order chi connectivity index (χ1) is 26.4. The van der Waals surface area contributed by atoms with Crippen molar-refractivity contribution in [1.82, 2.24) is 0 Å². The highest BCUT2D eigenvalue weighted by Gasteiger charge is 2.60. The maximum atomic E-state index is 14.4. The highest BCUT2D eigenvalue weighted by atomic mass is 16.7. The van der Waals surface area contributed by atoms with Crippen molar-refractivity contribution in [1.29, 1.82) is 0 Å². The van der Waals surface area contributed by atoms with E-state index < -0.39 is 66.2 Å². The van der Waals surface area contributed by atoms with Gasteiger partial charge in [-0.15, -0.1) is 0 Å². The SMILES string of the molecule is CO[C@H]1C[C@H](O[C@@H]2/C(C)=C\C[C@@H]3C[C@@H](C[C@]4(C=C[C@H](C)[C@@H](C5CCCCC5)O4)O3)OC(=O)[C@@H]3C=C(C)/C(=N/O)[C@H]4OCC(=C/C=C\[C@@H]2C)[C@]43O)O[C@@H](C)[C@@H]1O. The number of hydrogen-bond donors (Lipinski definition) is 3. The summed E-state index contributed by atoms with van der Waals surface area (Å²) in [5, 5.41) is 36.6. The topological polar surface area (TPSA) is 155 Å². The van der Waals surface area contributed by atoms with E-state index in [0.717, 1.165) is 18.4 Å². The van der Waals surface area contributed by atoms with Gasteiger partial charge < -0.3 is 48.6 Å². The van der Waals surface area contributed by atoms with Gasteiger partial charge in [0.05, 0.1) is 37.1 Å². The van der Waals surface area contributed by atoms with Gasteiger partial charge in [0, 0.05) is 38.2 Å². The molecule has 1 spiro atoms. The quantitative estimate of drug-likeness (QED) is 0.137. The second-order valence-electron chi connectivity index (χ2n) is 17.0. The van der Waals surface area contributed by atoms with Gasteiger partial charge in [0.25, 0.3) is 0 Å². The number of carbonyl (C=O) groups excluding carboxylic acids is 1. The van der Waals surface area contributed by atoms with E-state index in [-0.39, 0.29) is 36.4 Å². The van der Waals surface area contributed by atoms with Crippen molar-refractivity contribution >= 4 is 11.7 Å². The van der Waals surface area contributed by atoms with Crippen LogP contribution in [0.25, 0.3) is 0 Å². The van der Waals surface area contributed by atoms with Gasteiger partial charge >= 0.3 is 5.97 Å². The first-order valence-electron chi connectivity index (χ1n) is 20.4. The van der Waals surface area contributed by atoms with Gasteiger partial charge in [-0.05, 0) is 68.7 Å². The Morgan fingerprint density at radius 2 is 1.78 bits per heavy atom. The van der Waals surface area contributed by atoms with Gasteiger partial charge in [-0.2, -0.15) is 0 Å². The Hall–Kier alpha value is -2.68. The second-order valence-corrected chi connectivity index (χ2v) is 17.0. The molecule has 0 unspecified atom stereocenters. The van der Waals surface area contributed by atoms with Gasteiger partial charge in [0.15, 0.2) is 12.1 Å². The number of esters is 1. The standard InChI is InChI=1S/C43H61NO11/c1-24-11-10-14-30-23-50-40-36(44-48)27(4)19-33(43(30,40)47)41(46)52-32-20-31(16-15-25(2)38(24)53-35-21-34(49-6)37(45)28(5)51-35)54-42(22-32)18-17-26(3)39(55-42)29-12-8-7-9-13-29/h10-11,14-15,17-19,24,26,28-29,31-35,37-40,45,47-48H,7-9,12-13,16,20-23H2,1-6H3/b11-10-,25-15-,30-14?,44-36-/t24-,26-,28-,31+,32-,33-,34-,35-,37-,38-,39-,40+,42+,43+/m0/s1. The van der Waals surface area contributed by atoms with Crippen molar-refractivity contribution in [2.45, 2.75) is 159 Å². The Bertz CT molecular complexity index is 1600. The summed E-state index contributed by atoms with van der Waals surface area (Å²) in [5.74, 6) is -2.30. The highest BCUT2D eigenvalue weighted by molar-refractivity contribution is 6.06. The van der Waals surface area contributed by atoms with Crippen molar-refractivity contribution in [3.05, 3.63) is 59.3 Å². The molecule has 12 nitrogen and oxygen atoms in total. The lowest BCUT2D eigenvalue weighted by atomic mass is 9.71. The Morgan fingerprint density at radius 3 is 2.53 bits per heavy atom. The first kappa shape index (κ1) is 40.5. The van der Waals surface area contributed by atoms with E-state index in [1.807, 2.05) is 32.1 Å². The summed E-state index contributed by atoms with van der Waals surface area (Å²) in [5.41, 5.74) is 0.299. The van der Waals surface area contributed by atoms with Crippen LogP contribution in [0.3, 0.4) is 0 Å². The van der Waals surface area contributed by atoms with Crippen molar-refractivity contribution in [3.63, 3.8) is 0 Å². The van der Waals surface area contributed by atoms with Gasteiger partial charge in [-0.3, -0.25) is 4.79 Å². The fourth-order valence-electron chi connectivity index (χ4n) is 9.99. The van der Waals surface area contributed by atoms with Crippen LogP contribution >= 0.6 is 0 Å². The number of oxime groups is 1. The molecule has 304 valence electrons. The Kier molecular flexibility index (Phi) is 12.3. The summed E-state index contributed by atoms with van der Waals surface area (Å²) in [6.45, 7) is 9.87. The van der Waals surface area contributed by atoms with Crippen LogP contribution < -0.4 is 0 Å². The molecule has 2 bridgehead atoms. The molecular formula is C43H61NO11. The molecule has 7 rings (SSSR count). The number of aliphatic hydroxyl groups excluding tert-OH is 1. The maximum Gasteiger partial charge on any atom is 0.316 e. The molecule has 14 atom stereocenters. The van der Waals surface area contributed by atoms with Crippen LogP contribution in [-0.2, 0) is 38.0 Å². The predicted octanol–water partition coefficient (Wildman–Crippen LogP) is 5.85. The third kappa shape index (κ3) is 8.08. The number of rotatable bonds is 4. The molecule has 0 aromatic rings. The average molecular weight is 768 g/mol. The number of carbonyl (C=O) groups is 1. The van der Waals surface area contributed by atoms with Crippen molar-refractivity contribution < 1.29 is 53.4 Å². The Balaban J connectivity index is 1.26. The predicted molar refractivity (Wildman–Crippen MR) is 203 cm³/mol. The lowest BCUT2D eigenvalue weighted by molar-refractivity contribution is -0.301. The van der Waals surface area contributed by atoms with Crippen molar-refractivity contribution in [2.75, 3.05) is 13.7 Å². The van der Waals surface area contributed by atoms with Crippen LogP contribution in [0.1, 0.15) is 92.4 Å². The number of methoxy groups -OCH3 is 1. The van der Waals surface area contributed by atoms with E-state index in [4.69, 9.17) is 33.2 Å². The zero-order valence-electron chi connectivity index (χ0n) is 33.2. The zero-order chi connectivity index (χ0) is 39.1. The minimum Gasteiger partial charge on any atom is -0.462 e. The molecular weight excluding hydrogens is 706 g/mol. The average Bonchev–Trinajstić information content (AvgIpc) is 3.50. The van der Waals surface area contributed by atoms with Crippen LogP contribution in [0.15, 0.2) is 64.4 Å². The molecule has 12 heteroatoms. The zero-order valence-corrected chi connectivity index (χ0v) is 33.2. The van der Waals surface area contributed by atoms with Crippen molar-refractivity contribution in [3.8, 4) is 0 Å². The van der Waals surface area contributed by atoms with Crippen LogP contribution in [0.2, 0.25) is 0 Å². The lowest BCUT2D eigenvalue weighted by Crippen LogP contribution is -2.57. The van der Waals surface area contributed by atoms with E-state index >= 15 is 0 Å².